The van der Waals surface area contributed by atoms with Gasteiger partial charge in [0.25, 0.3) is 0 Å². The molecule has 2 N–H and O–H groups in total. The van der Waals surface area contributed by atoms with E-state index in [0.717, 1.165) is 13.0 Å². The van der Waals surface area contributed by atoms with Gasteiger partial charge >= 0.3 is 0 Å². The summed E-state index contributed by atoms with van der Waals surface area (Å²) in [5, 5.41) is 10.1. The minimum atomic E-state index is -0.0660. The van der Waals surface area contributed by atoms with E-state index < -0.39 is 0 Å². The number of fused-ring (bicyclic) bond motifs is 1. The van der Waals surface area contributed by atoms with E-state index in [1.165, 1.54) is 31.5 Å². The Morgan fingerprint density at radius 1 is 1.25 bits per heavy atom. The van der Waals surface area contributed by atoms with Crippen LogP contribution in [0.5, 0.6) is 0 Å². The van der Waals surface area contributed by atoms with Crippen LogP contribution in [0.2, 0.25) is 0 Å². The van der Waals surface area contributed by atoms with Gasteiger partial charge in [0.1, 0.15) is 6.54 Å². The van der Waals surface area contributed by atoms with Crippen molar-refractivity contribution in [2.24, 2.45) is 17.3 Å². The molecule has 1 saturated heterocycles. The lowest BCUT2D eigenvalue weighted by molar-refractivity contribution is -0.928. The molecule has 0 amide bonds. The number of aliphatic hydroxyl groups excluding tert-OH is 1. The molecule has 5 atom stereocenters. The molecule has 2 nitrogen and oxygen atoms in total. The molecule has 1 heterocycles. The maximum absolute atomic E-state index is 10.1. The van der Waals surface area contributed by atoms with Crippen molar-refractivity contribution in [1.29, 1.82) is 0 Å². The Kier molecular flexibility index (Phi) is 3.87. The van der Waals surface area contributed by atoms with Crippen molar-refractivity contribution >= 4 is 0 Å². The molecule has 0 bridgehead atoms. The summed E-state index contributed by atoms with van der Waals surface area (Å²) >= 11 is 0. The van der Waals surface area contributed by atoms with Gasteiger partial charge in [0.2, 0.25) is 0 Å². The van der Waals surface area contributed by atoms with Gasteiger partial charge in [0.05, 0.1) is 19.2 Å². The third-order valence-electron chi connectivity index (χ3n) is 5.91. The van der Waals surface area contributed by atoms with Crippen LogP contribution in [0.3, 0.4) is 0 Å². The highest BCUT2D eigenvalue weighted by molar-refractivity contribution is 5.13. The van der Waals surface area contributed by atoms with E-state index in [4.69, 9.17) is 0 Å². The Morgan fingerprint density at radius 2 is 2.00 bits per heavy atom. The van der Waals surface area contributed by atoms with Crippen LogP contribution in [0.1, 0.15) is 38.7 Å². The summed E-state index contributed by atoms with van der Waals surface area (Å²) in [6.45, 7) is 8.40. The zero-order valence-electron chi connectivity index (χ0n) is 12.8. The van der Waals surface area contributed by atoms with Crippen LogP contribution in [0, 0.1) is 17.3 Å². The topological polar surface area (TPSA) is 24.7 Å². The Labute approximate surface area is 122 Å². The van der Waals surface area contributed by atoms with Crippen LogP contribution >= 0.6 is 0 Å². The van der Waals surface area contributed by atoms with Crippen LogP contribution in [0.25, 0.3) is 0 Å². The molecule has 2 heteroatoms. The van der Waals surface area contributed by atoms with E-state index in [1.54, 1.807) is 4.90 Å². The fourth-order valence-corrected chi connectivity index (χ4v) is 4.71. The SMILES string of the molecule is C[C@@H]1[C@H]2CC[NH+](Cc3ccccc3)C[C@]2(C)CC[C@@H]1O. The number of rotatable bonds is 2. The summed E-state index contributed by atoms with van der Waals surface area (Å²) < 4.78 is 0. The standard InChI is InChI=1S/C18H27NO/c1-14-16-9-11-19(12-15-6-4-3-5-7-15)13-18(16,2)10-8-17(14)20/h3-7,14,16-17,20H,8-13H2,1-2H3/p+1/t14-,16-,17+,18+/m1/s1. The molecule has 110 valence electrons. The van der Waals surface area contributed by atoms with Crippen molar-refractivity contribution in [2.75, 3.05) is 13.1 Å². The van der Waals surface area contributed by atoms with Crippen molar-refractivity contribution in [3.8, 4) is 0 Å². The Morgan fingerprint density at radius 3 is 2.75 bits per heavy atom. The second-order valence-corrected chi connectivity index (χ2v) is 7.35. The highest BCUT2D eigenvalue weighted by atomic mass is 16.3. The smallest absolute Gasteiger partial charge is 0.103 e. The number of piperidine rings is 1. The summed E-state index contributed by atoms with van der Waals surface area (Å²) in [4.78, 5) is 1.72. The van der Waals surface area contributed by atoms with E-state index in [0.29, 0.717) is 17.3 Å². The van der Waals surface area contributed by atoms with Crippen molar-refractivity contribution in [3.05, 3.63) is 35.9 Å². The summed E-state index contributed by atoms with van der Waals surface area (Å²) in [7, 11) is 0. The Balaban J connectivity index is 1.68. The summed E-state index contributed by atoms with van der Waals surface area (Å²) in [5.74, 6) is 1.19. The number of quaternary nitrogens is 1. The van der Waals surface area contributed by atoms with Crippen molar-refractivity contribution in [2.45, 2.75) is 45.8 Å². The molecule has 1 saturated carbocycles. The lowest BCUT2D eigenvalue weighted by Gasteiger charge is -2.51. The molecule has 1 aromatic carbocycles. The fourth-order valence-electron chi connectivity index (χ4n) is 4.71. The summed E-state index contributed by atoms with van der Waals surface area (Å²) in [6.07, 6.45) is 3.40. The number of likely N-dealkylation sites (tertiary alicyclic amines) is 1. The second kappa shape index (κ2) is 5.50. The Hall–Kier alpha value is -0.860. The molecule has 0 radical (unpaired) electrons. The molecule has 3 rings (SSSR count). The van der Waals surface area contributed by atoms with Crippen molar-refractivity contribution in [3.63, 3.8) is 0 Å². The van der Waals surface area contributed by atoms with E-state index in [9.17, 15) is 5.11 Å². The van der Waals surface area contributed by atoms with Crippen molar-refractivity contribution < 1.29 is 10.0 Å². The minimum Gasteiger partial charge on any atom is -0.393 e. The van der Waals surface area contributed by atoms with Crippen molar-refractivity contribution in [1.82, 2.24) is 0 Å². The maximum Gasteiger partial charge on any atom is 0.103 e. The molecular weight excluding hydrogens is 246 g/mol. The molecule has 20 heavy (non-hydrogen) atoms. The molecule has 1 aliphatic heterocycles. The summed E-state index contributed by atoms with van der Waals surface area (Å²) in [5.41, 5.74) is 1.88. The third-order valence-corrected chi connectivity index (χ3v) is 5.91. The van der Waals surface area contributed by atoms with Gasteiger partial charge in [-0.15, -0.1) is 0 Å². The van der Waals surface area contributed by atoms with Gasteiger partial charge in [-0.25, -0.2) is 0 Å². The van der Waals surface area contributed by atoms with Crippen LogP contribution in [0.15, 0.2) is 30.3 Å². The number of benzene rings is 1. The normalized spacial score (nSPS) is 41.1. The average Bonchev–Trinajstić information content (AvgIpc) is 2.44. The quantitative estimate of drug-likeness (QED) is 0.846. The predicted molar refractivity (Wildman–Crippen MR) is 81.5 cm³/mol. The lowest BCUT2D eigenvalue weighted by atomic mass is 9.59. The first kappa shape index (κ1) is 14.1. The number of aliphatic hydroxyl groups is 1. The highest BCUT2D eigenvalue weighted by Crippen LogP contribution is 2.46. The first-order valence-electron chi connectivity index (χ1n) is 8.14. The molecule has 1 aliphatic carbocycles. The molecule has 0 spiro atoms. The van der Waals surface area contributed by atoms with Crippen LogP contribution in [-0.4, -0.2) is 24.3 Å². The van der Waals surface area contributed by atoms with Gasteiger partial charge in [0.15, 0.2) is 0 Å². The third kappa shape index (κ3) is 2.64. The lowest BCUT2D eigenvalue weighted by Crippen LogP contribution is -3.13. The van der Waals surface area contributed by atoms with Crippen LogP contribution in [0.4, 0.5) is 0 Å². The van der Waals surface area contributed by atoms with Gasteiger partial charge in [-0.3, -0.25) is 0 Å². The van der Waals surface area contributed by atoms with E-state index in [2.05, 4.69) is 44.2 Å². The van der Waals surface area contributed by atoms with Gasteiger partial charge in [-0.05, 0) is 24.7 Å². The summed E-state index contributed by atoms with van der Waals surface area (Å²) in [6, 6.07) is 10.9. The number of nitrogens with one attached hydrogen (secondary N) is 1. The average molecular weight is 274 g/mol. The predicted octanol–water partition coefficient (Wildman–Crippen LogP) is 1.89. The number of hydrogen-bond acceptors (Lipinski definition) is 1. The molecule has 1 unspecified atom stereocenters. The monoisotopic (exact) mass is 274 g/mol. The van der Waals surface area contributed by atoms with Gasteiger partial charge in [-0.1, -0.05) is 44.2 Å². The van der Waals surface area contributed by atoms with E-state index in [1.807, 2.05) is 0 Å². The van der Waals surface area contributed by atoms with E-state index >= 15 is 0 Å². The maximum atomic E-state index is 10.1. The number of hydrogen-bond donors (Lipinski definition) is 2. The van der Waals surface area contributed by atoms with Gasteiger partial charge in [0, 0.05) is 17.4 Å². The van der Waals surface area contributed by atoms with Gasteiger partial charge < -0.3 is 10.0 Å². The molecule has 0 aromatic heterocycles. The largest absolute Gasteiger partial charge is 0.393 e. The highest BCUT2D eigenvalue weighted by Gasteiger charge is 2.48. The molecule has 2 fully saturated rings. The second-order valence-electron chi connectivity index (χ2n) is 7.35. The molecule has 2 aliphatic rings. The zero-order valence-corrected chi connectivity index (χ0v) is 12.8. The first-order valence-corrected chi connectivity index (χ1v) is 8.14. The zero-order chi connectivity index (χ0) is 14.2. The van der Waals surface area contributed by atoms with Crippen LogP contribution in [-0.2, 0) is 6.54 Å². The Bertz CT molecular complexity index is 446. The van der Waals surface area contributed by atoms with E-state index in [-0.39, 0.29) is 6.10 Å². The fraction of sp³-hybridized carbons (Fsp3) is 0.667. The first-order chi connectivity index (χ1) is 9.58. The molecule has 1 aromatic rings. The van der Waals surface area contributed by atoms with Gasteiger partial charge in [-0.2, -0.15) is 0 Å². The molecular formula is C18H28NO+. The minimum absolute atomic E-state index is 0.0660. The van der Waals surface area contributed by atoms with Crippen LogP contribution < -0.4 is 4.90 Å².